The van der Waals surface area contributed by atoms with Crippen molar-refractivity contribution in [3.63, 3.8) is 0 Å². The van der Waals surface area contributed by atoms with Gasteiger partial charge in [-0.2, -0.15) is 18.2 Å². The maximum atomic E-state index is 12.5. The van der Waals surface area contributed by atoms with Gasteiger partial charge in [-0.05, 0) is 24.6 Å². The molecule has 0 fully saturated rings. The van der Waals surface area contributed by atoms with E-state index in [-0.39, 0.29) is 28.4 Å². The summed E-state index contributed by atoms with van der Waals surface area (Å²) in [5.74, 6) is -0.243. The maximum Gasteiger partial charge on any atom is 2.00 e. The summed E-state index contributed by atoms with van der Waals surface area (Å²) in [5, 5.41) is 12.2. The SMILES string of the molecule is CCOc1ccc(C([O-])=CC=C2C=CC=C2)c(OB(F)F)c1.[Fe+2].c1cc[cH-]c1. The molecule has 0 amide bonds. The molecule has 7 heteroatoms. The molecule has 0 spiro atoms. The van der Waals surface area contributed by atoms with Crippen molar-refractivity contribution in [1.29, 1.82) is 0 Å². The van der Waals surface area contributed by atoms with Gasteiger partial charge >= 0.3 is 24.5 Å². The molecule has 0 saturated heterocycles. The van der Waals surface area contributed by atoms with Crippen LogP contribution in [0, 0.1) is 0 Å². The van der Waals surface area contributed by atoms with Crippen LogP contribution in [0.2, 0.25) is 0 Å². The molecule has 1 aliphatic rings. The molecule has 0 heterocycles. The van der Waals surface area contributed by atoms with Crippen molar-refractivity contribution in [2.45, 2.75) is 6.92 Å². The van der Waals surface area contributed by atoms with Crippen LogP contribution in [-0.4, -0.2) is 14.1 Å². The molecule has 0 aliphatic heterocycles. The monoisotopic (exact) mass is 424 g/mol. The Labute approximate surface area is 174 Å². The quantitative estimate of drug-likeness (QED) is 0.389. The number of rotatable bonds is 6. The molecular weight excluding hydrogens is 405 g/mol. The Kier molecular flexibility index (Phi) is 10.6. The fourth-order valence-corrected chi connectivity index (χ4v) is 2.24. The van der Waals surface area contributed by atoms with Gasteiger partial charge in [-0.1, -0.05) is 42.2 Å². The van der Waals surface area contributed by atoms with Gasteiger partial charge in [0.05, 0.1) is 6.61 Å². The zero-order valence-corrected chi connectivity index (χ0v) is 16.3. The van der Waals surface area contributed by atoms with Gasteiger partial charge < -0.3 is 14.5 Å². The van der Waals surface area contributed by atoms with Crippen molar-refractivity contribution in [2.75, 3.05) is 6.61 Å². The Morgan fingerprint density at radius 1 is 1.18 bits per heavy atom. The van der Waals surface area contributed by atoms with E-state index in [1.807, 2.05) is 54.6 Å². The number of hydrogen-bond donors (Lipinski definition) is 0. The molecule has 0 unspecified atom stereocenters. The van der Waals surface area contributed by atoms with Crippen molar-refractivity contribution in [1.82, 2.24) is 0 Å². The summed E-state index contributed by atoms with van der Waals surface area (Å²) >= 11 is 0. The van der Waals surface area contributed by atoms with Crippen LogP contribution in [0.3, 0.4) is 0 Å². The van der Waals surface area contributed by atoms with Crippen molar-refractivity contribution in [3.8, 4) is 11.5 Å². The zero-order valence-electron chi connectivity index (χ0n) is 15.2. The minimum Gasteiger partial charge on any atom is -0.872 e. The molecule has 0 radical (unpaired) electrons. The molecule has 1 aliphatic carbocycles. The van der Waals surface area contributed by atoms with E-state index < -0.39 is 13.2 Å². The van der Waals surface area contributed by atoms with Gasteiger partial charge in [-0.25, -0.2) is 20.8 Å². The minimum absolute atomic E-state index is 0. The smallest absolute Gasteiger partial charge is 0.872 e. The van der Waals surface area contributed by atoms with Crippen LogP contribution in [0.5, 0.6) is 11.5 Å². The van der Waals surface area contributed by atoms with Gasteiger partial charge in [0.1, 0.15) is 11.5 Å². The summed E-state index contributed by atoms with van der Waals surface area (Å²) in [6, 6.07) is 14.3. The maximum absolute atomic E-state index is 12.5. The van der Waals surface area contributed by atoms with Crippen molar-refractivity contribution >= 4 is 13.2 Å². The van der Waals surface area contributed by atoms with Gasteiger partial charge in [0.2, 0.25) is 0 Å². The fourth-order valence-electron chi connectivity index (χ4n) is 2.24. The largest absolute Gasteiger partial charge is 2.00 e. The third-order valence-electron chi connectivity index (χ3n) is 3.42. The number of ether oxygens (including phenoxy) is 1. The number of hydrogen-bond acceptors (Lipinski definition) is 3. The minimum atomic E-state index is -3.01. The van der Waals surface area contributed by atoms with Crippen LogP contribution < -0.4 is 14.5 Å². The van der Waals surface area contributed by atoms with Crippen molar-refractivity contribution < 1.29 is 40.2 Å². The number of halogens is 2. The normalized spacial score (nSPS) is 12.0. The van der Waals surface area contributed by atoms with Crippen molar-refractivity contribution in [2.24, 2.45) is 0 Å². The van der Waals surface area contributed by atoms with E-state index >= 15 is 0 Å². The average Bonchev–Trinajstić information content (AvgIpc) is 3.36. The van der Waals surface area contributed by atoms with Crippen molar-refractivity contribution in [3.05, 3.63) is 96.1 Å². The number of allylic oxidation sites excluding steroid dienone is 7. The predicted molar refractivity (Wildman–Crippen MR) is 103 cm³/mol. The summed E-state index contributed by atoms with van der Waals surface area (Å²) in [4.78, 5) is 0. The van der Waals surface area contributed by atoms with Crippen LogP contribution in [0.1, 0.15) is 12.5 Å². The zero-order chi connectivity index (χ0) is 19.5. The molecule has 0 saturated carbocycles. The first kappa shape index (κ1) is 23.4. The topological polar surface area (TPSA) is 41.5 Å². The van der Waals surface area contributed by atoms with E-state index in [1.165, 1.54) is 18.2 Å². The molecule has 0 N–H and O–H groups in total. The molecule has 3 rings (SSSR count). The Balaban J connectivity index is 0.000000567. The Morgan fingerprint density at radius 3 is 2.39 bits per heavy atom. The number of benzene rings is 1. The van der Waals surface area contributed by atoms with Gasteiger partial charge in [0.25, 0.3) is 0 Å². The molecule has 2 aromatic carbocycles. The summed E-state index contributed by atoms with van der Waals surface area (Å²) in [6.45, 7) is 2.16. The summed E-state index contributed by atoms with van der Waals surface area (Å²) in [5.41, 5.74) is 0.919. The second-order valence-electron chi connectivity index (χ2n) is 5.35. The van der Waals surface area contributed by atoms with E-state index in [1.54, 1.807) is 19.1 Å². The molecule has 146 valence electrons. The molecule has 3 nitrogen and oxygen atoms in total. The second-order valence-corrected chi connectivity index (χ2v) is 5.35. The Bertz CT molecular complexity index is 797. The molecular formula is C21H19BF2FeO3. The Morgan fingerprint density at radius 2 is 1.86 bits per heavy atom. The van der Waals surface area contributed by atoms with Crippen LogP contribution >= 0.6 is 0 Å². The summed E-state index contributed by atoms with van der Waals surface area (Å²) < 4.78 is 34.6. The Hall–Kier alpha value is -2.63. The average molecular weight is 424 g/mol. The van der Waals surface area contributed by atoms with E-state index in [2.05, 4.69) is 4.65 Å². The van der Waals surface area contributed by atoms with Gasteiger partial charge in [0, 0.05) is 11.6 Å². The van der Waals surface area contributed by atoms with Crippen LogP contribution in [0.15, 0.2) is 90.6 Å². The van der Waals surface area contributed by atoms with Gasteiger partial charge in [0.15, 0.2) is 0 Å². The third kappa shape index (κ3) is 7.95. The molecule has 0 atom stereocenters. The van der Waals surface area contributed by atoms with Crippen LogP contribution in [0.25, 0.3) is 5.76 Å². The van der Waals surface area contributed by atoms with E-state index in [4.69, 9.17) is 4.74 Å². The van der Waals surface area contributed by atoms with E-state index in [9.17, 15) is 13.7 Å². The first-order valence-electron chi connectivity index (χ1n) is 8.42. The molecule has 0 bridgehead atoms. The summed E-state index contributed by atoms with van der Waals surface area (Å²) in [7, 11) is -3.01. The van der Waals surface area contributed by atoms with E-state index in [0.717, 1.165) is 5.57 Å². The molecule has 0 aromatic heterocycles. The van der Waals surface area contributed by atoms with Crippen LogP contribution in [-0.2, 0) is 17.1 Å². The standard InChI is InChI=1S/C16H15BF2O3.C5H5.Fe/c1-2-21-13-8-9-14(16(11-13)22-17(18)19)15(20)10-7-12-5-3-4-6-12;1-2-4-5-3-1;/h3-11,20H,2H2,1H3;1-5H;/q;-1;+2/p-1. The fraction of sp³-hybridized carbons (Fsp3) is 0.0952. The third-order valence-corrected chi connectivity index (χ3v) is 3.42. The molecule has 2 aromatic rings. The van der Waals surface area contributed by atoms with Crippen LogP contribution in [0.4, 0.5) is 8.63 Å². The van der Waals surface area contributed by atoms with E-state index in [0.29, 0.717) is 12.4 Å². The molecule has 28 heavy (non-hydrogen) atoms. The first-order valence-corrected chi connectivity index (χ1v) is 8.42. The first-order chi connectivity index (χ1) is 13.1. The van der Waals surface area contributed by atoms with Gasteiger partial charge in [-0.15, -0.1) is 0 Å². The van der Waals surface area contributed by atoms with Gasteiger partial charge in [-0.3, -0.25) is 0 Å². The summed E-state index contributed by atoms with van der Waals surface area (Å²) in [6.07, 6.45) is 10.3. The second kappa shape index (κ2) is 12.7. The predicted octanol–water partition coefficient (Wildman–Crippen LogP) is 4.54.